The molecular weight excluding hydrogens is 206 g/mol. The van der Waals surface area contributed by atoms with Crippen LogP contribution in [0.2, 0.25) is 0 Å². The van der Waals surface area contributed by atoms with Gasteiger partial charge in [-0.15, -0.1) is 0 Å². The SMILES string of the molecule is CCCC(CS)CN1CCCCC1CO. The van der Waals surface area contributed by atoms with Crippen molar-refractivity contribution in [2.45, 2.75) is 45.1 Å². The summed E-state index contributed by atoms with van der Waals surface area (Å²) in [5, 5.41) is 9.32. The van der Waals surface area contributed by atoms with E-state index < -0.39 is 0 Å². The van der Waals surface area contributed by atoms with Crippen molar-refractivity contribution in [2.75, 3.05) is 25.4 Å². The zero-order valence-corrected chi connectivity index (χ0v) is 10.8. The first-order chi connectivity index (χ1) is 7.31. The number of hydrogen-bond donors (Lipinski definition) is 2. The van der Waals surface area contributed by atoms with E-state index in [1.807, 2.05) is 0 Å². The van der Waals surface area contributed by atoms with Crippen molar-refractivity contribution in [1.29, 1.82) is 0 Å². The number of hydrogen-bond acceptors (Lipinski definition) is 3. The van der Waals surface area contributed by atoms with Crippen LogP contribution < -0.4 is 0 Å². The Morgan fingerprint density at radius 1 is 1.47 bits per heavy atom. The van der Waals surface area contributed by atoms with Gasteiger partial charge in [-0.05, 0) is 37.5 Å². The number of piperidine rings is 1. The summed E-state index contributed by atoms with van der Waals surface area (Å²) in [4.78, 5) is 2.47. The van der Waals surface area contributed by atoms with Crippen LogP contribution in [-0.4, -0.2) is 41.5 Å². The van der Waals surface area contributed by atoms with Crippen molar-refractivity contribution < 1.29 is 5.11 Å². The highest BCUT2D eigenvalue weighted by atomic mass is 32.1. The fraction of sp³-hybridized carbons (Fsp3) is 1.00. The number of nitrogens with zero attached hydrogens (tertiary/aromatic N) is 1. The van der Waals surface area contributed by atoms with Crippen LogP contribution in [0.4, 0.5) is 0 Å². The second-order valence-corrected chi connectivity index (χ2v) is 5.03. The molecule has 2 atom stereocenters. The van der Waals surface area contributed by atoms with Gasteiger partial charge in [0.05, 0.1) is 6.61 Å². The number of thiol groups is 1. The molecule has 0 spiro atoms. The molecule has 0 aromatic heterocycles. The lowest BCUT2D eigenvalue weighted by molar-refractivity contribution is 0.0776. The van der Waals surface area contributed by atoms with Crippen molar-refractivity contribution in [1.82, 2.24) is 4.90 Å². The van der Waals surface area contributed by atoms with Gasteiger partial charge in [-0.2, -0.15) is 12.6 Å². The smallest absolute Gasteiger partial charge is 0.0586 e. The van der Waals surface area contributed by atoms with E-state index in [-0.39, 0.29) is 0 Å². The topological polar surface area (TPSA) is 23.5 Å². The largest absolute Gasteiger partial charge is 0.395 e. The number of aliphatic hydroxyl groups is 1. The molecule has 0 amide bonds. The van der Waals surface area contributed by atoms with Crippen LogP contribution in [0, 0.1) is 5.92 Å². The lowest BCUT2D eigenvalue weighted by Gasteiger charge is -2.36. The molecule has 2 unspecified atom stereocenters. The minimum Gasteiger partial charge on any atom is -0.395 e. The molecule has 1 fully saturated rings. The van der Waals surface area contributed by atoms with E-state index in [1.54, 1.807) is 0 Å². The molecule has 15 heavy (non-hydrogen) atoms. The second kappa shape index (κ2) is 7.53. The Balaban J connectivity index is 2.38. The van der Waals surface area contributed by atoms with Crippen LogP contribution in [-0.2, 0) is 0 Å². The highest BCUT2D eigenvalue weighted by Crippen LogP contribution is 2.20. The molecule has 0 bridgehead atoms. The third-order valence-corrected chi connectivity index (χ3v) is 3.92. The summed E-state index contributed by atoms with van der Waals surface area (Å²) in [7, 11) is 0. The molecule has 0 aromatic carbocycles. The summed E-state index contributed by atoms with van der Waals surface area (Å²) in [5.41, 5.74) is 0. The van der Waals surface area contributed by atoms with Crippen molar-refractivity contribution in [2.24, 2.45) is 5.92 Å². The van der Waals surface area contributed by atoms with Crippen LogP contribution in [0.1, 0.15) is 39.0 Å². The predicted octanol–water partition coefficient (Wildman–Crippen LogP) is 2.18. The third-order valence-electron chi connectivity index (χ3n) is 3.41. The molecule has 0 aliphatic carbocycles. The van der Waals surface area contributed by atoms with E-state index in [9.17, 15) is 5.11 Å². The minimum absolute atomic E-state index is 0.325. The van der Waals surface area contributed by atoms with Gasteiger partial charge in [-0.3, -0.25) is 4.90 Å². The molecule has 1 rings (SSSR count). The Kier molecular flexibility index (Phi) is 6.69. The first-order valence-electron chi connectivity index (χ1n) is 6.27. The fourth-order valence-corrected chi connectivity index (χ4v) is 2.79. The Morgan fingerprint density at radius 3 is 2.87 bits per heavy atom. The summed E-state index contributed by atoms with van der Waals surface area (Å²) in [6.07, 6.45) is 6.24. The molecule has 2 nitrogen and oxygen atoms in total. The van der Waals surface area contributed by atoms with Crippen molar-refractivity contribution in [3.63, 3.8) is 0 Å². The highest BCUT2D eigenvalue weighted by Gasteiger charge is 2.23. The van der Waals surface area contributed by atoms with Crippen LogP contribution in [0.15, 0.2) is 0 Å². The number of aliphatic hydroxyl groups excluding tert-OH is 1. The van der Waals surface area contributed by atoms with Gasteiger partial charge in [0.15, 0.2) is 0 Å². The van der Waals surface area contributed by atoms with Crippen molar-refractivity contribution in [3.05, 3.63) is 0 Å². The first-order valence-corrected chi connectivity index (χ1v) is 6.90. The van der Waals surface area contributed by atoms with Gasteiger partial charge in [-0.25, -0.2) is 0 Å². The van der Waals surface area contributed by atoms with E-state index in [0.717, 1.165) is 12.3 Å². The van der Waals surface area contributed by atoms with E-state index in [2.05, 4.69) is 24.5 Å². The Bertz CT molecular complexity index is 166. The summed E-state index contributed by atoms with van der Waals surface area (Å²) in [5.74, 6) is 1.67. The van der Waals surface area contributed by atoms with Crippen LogP contribution in [0.25, 0.3) is 0 Å². The van der Waals surface area contributed by atoms with Gasteiger partial charge >= 0.3 is 0 Å². The van der Waals surface area contributed by atoms with Crippen molar-refractivity contribution >= 4 is 12.6 Å². The zero-order chi connectivity index (χ0) is 11.1. The first kappa shape index (κ1) is 13.3. The Hall–Kier alpha value is 0.270. The van der Waals surface area contributed by atoms with Crippen LogP contribution in [0.5, 0.6) is 0 Å². The standard InChI is InChI=1S/C12H25NOS/c1-2-5-11(10-15)8-13-7-4-3-6-12(13)9-14/h11-12,14-15H,2-10H2,1H3. The molecule has 0 radical (unpaired) electrons. The third kappa shape index (κ3) is 4.33. The van der Waals surface area contributed by atoms with E-state index in [4.69, 9.17) is 0 Å². The Labute approximate surface area is 99.5 Å². The van der Waals surface area contributed by atoms with E-state index >= 15 is 0 Å². The van der Waals surface area contributed by atoms with E-state index in [0.29, 0.717) is 18.6 Å². The maximum Gasteiger partial charge on any atom is 0.0586 e. The zero-order valence-electron chi connectivity index (χ0n) is 9.86. The lowest BCUT2D eigenvalue weighted by atomic mass is 9.99. The predicted molar refractivity (Wildman–Crippen MR) is 68.5 cm³/mol. The molecule has 1 saturated heterocycles. The van der Waals surface area contributed by atoms with Crippen molar-refractivity contribution in [3.8, 4) is 0 Å². The van der Waals surface area contributed by atoms with Gasteiger partial charge in [-0.1, -0.05) is 19.8 Å². The van der Waals surface area contributed by atoms with Crippen LogP contribution in [0.3, 0.4) is 0 Å². The molecule has 3 heteroatoms. The lowest BCUT2D eigenvalue weighted by Crippen LogP contribution is -2.44. The summed E-state index contributed by atoms with van der Waals surface area (Å²) in [6, 6.07) is 0.415. The fourth-order valence-electron chi connectivity index (χ4n) is 2.49. The molecule has 0 aromatic rings. The van der Waals surface area contributed by atoms with Gasteiger partial charge in [0, 0.05) is 12.6 Å². The number of rotatable bonds is 6. The summed E-state index contributed by atoms with van der Waals surface area (Å²) in [6.45, 7) is 4.85. The molecule has 1 N–H and O–H groups in total. The molecule has 1 aliphatic rings. The molecule has 90 valence electrons. The normalized spacial score (nSPS) is 25.4. The van der Waals surface area contributed by atoms with Crippen LogP contribution >= 0.6 is 12.6 Å². The maximum atomic E-state index is 9.32. The van der Waals surface area contributed by atoms with Gasteiger partial charge < -0.3 is 5.11 Å². The Morgan fingerprint density at radius 2 is 2.27 bits per heavy atom. The monoisotopic (exact) mass is 231 g/mol. The second-order valence-electron chi connectivity index (χ2n) is 4.66. The molecule has 0 saturated carbocycles. The summed E-state index contributed by atoms with van der Waals surface area (Å²) < 4.78 is 0. The minimum atomic E-state index is 0.325. The maximum absolute atomic E-state index is 9.32. The van der Waals surface area contributed by atoms with Gasteiger partial charge in [0.25, 0.3) is 0 Å². The molecule has 1 aliphatic heterocycles. The quantitative estimate of drug-likeness (QED) is 0.685. The molecule has 1 heterocycles. The number of likely N-dealkylation sites (tertiary alicyclic amines) is 1. The summed E-state index contributed by atoms with van der Waals surface area (Å²) >= 11 is 4.42. The van der Waals surface area contributed by atoms with Gasteiger partial charge in [0.2, 0.25) is 0 Å². The highest BCUT2D eigenvalue weighted by molar-refractivity contribution is 7.80. The molecular formula is C12H25NOS. The average molecular weight is 231 g/mol. The van der Waals surface area contributed by atoms with Gasteiger partial charge in [0.1, 0.15) is 0 Å². The average Bonchev–Trinajstić information content (AvgIpc) is 2.29. The van der Waals surface area contributed by atoms with E-state index in [1.165, 1.54) is 38.6 Å².